The average molecular weight is 129 g/mol. The van der Waals surface area contributed by atoms with Gasteiger partial charge in [-0.1, -0.05) is 0 Å². The van der Waals surface area contributed by atoms with Crippen LogP contribution in [0.2, 0.25) is 0 Å². The monoisotopic (exact) mass is 129 g/mol. The van der Waals surface area contributed by atoms with Crippen molar-refractivity contribution in [3.63, 3.8) is 0 Å². The first-order valence-corrected chi connectivity index (χ1v) is 2.20. The maximum Gasteiger partial charge on any atom is 0.292 e. The van der Waals surface area contributed by atoms with E-state index in [9.17, 15) is 9.18 Å². The molecule has 0 unspecified atom stereocenters. The van der Waals surface area contributed by atoms with E-state index in [4.69, 9.17) is 5.73 Å². The van der Waals surface area contributed by atoms with Crippen molar-refractivity contribution in [3.8, 4) is 0 Å². The lowest BCUT2D eigenvalue weighted by molar-refractivity contribution is 0.573. The number of aromatic nitrogens is 2. The van der Waals surface area contributed by atoms with Crippen molar-refractivity contribution >= 4 is 5.82 Å². The number of nitrogens with one attached hydrogen (secondary N) is 1. The molecule has 0 atom stereocenters. The molecule has 0 radical (unpaired) electrons. The zero-order chi connectivity index (χ0) is 6.85. The summed E-state index contributed by atoms with van der Waals surface area (Å²) >= 11 is 0. The van der Waals surface area contributed by atoms with E-state index in [2.05, 4.69) is 4.98 Å². The summed E-state index contributed by atoms with van der Waals surface area (Å²) in [7, 11) is 0. The fourth-order valence-corrected chi connectivity index (χ4v) is 0.390. The Bertz CT molecular complexity index is 269. The fraction of sp³-hybridized carbons (Fsp3) is 0. The summed E-state index contributed by atoms with van der Waals surface area (Å²) in [6, 6.07) is 0. The lowest BCUT2D eigenvalue weighted by Gasteiger charge is -1.87. The van der Waals surface area contributed by atoms with Crippen molar-refractivity contribution < 1.29 is 4.39 Å². The summed E-state index contributed by atoms with van der Waals surface area (Å²) in [5, 5.41) is 0. The molecule has 0 fully saturated rings. The van der Waals surface area contributed by atoms with E-state index in [1.807, 2.05) is 4.98 Å². The Morgan fingerprint density at radius 3 is 2.89 bits per heavy atom. The predicted octanol–water partition coefficient (Wildman–Crippen LogP) is -0.509. The quantitative estimate of drug-likeness (QED) is 0.495. The van der Waals surface area contributed by atoms with E-state index in [0.29, 0.717) is 0 Å². The van der Waals surface area contributed by atoms with Crippen LogP contribution in [0.15, 0.2) is 11.0 Å². The van der Waals surface area contributed by atoms with Crippen LogP contribution < -0.4 is 11.3 Å². The van der Waals surface area contributed by atoms with Crippen LogP contribution >= 0.6 is 0 Å². The number of H-pyrrole nitrogens is 1. The van der Waals surface area contributed by atoms with E-state index in [1.54, 1.807) is 0 Å². The SMILES string of the molecule is Nc1ncc(F)[nH]c1=O. The maximum absolute atomic E-state index is 12.0. The molecule has 0 saturated heterocycles. The van der Waals surface area contributed by atoms with Gasteiger partial charge in [-0.15, -0.1) is 0 Å². The number of nitrogens with zero attached hydrogens (tertiary/aromatic N) is 1. The highest BCUT2D eigenvalue weighted by Gasteiger charge is 1.94. The number of anilines is 1. The summed E-state index contributed by atoms with van der Waals surface area (Å²) in [6.45, 7) is 0. The first kappa shape index (κ1) is 5.74. The molecule has 4 nitrogen and oxygen atoms in total. The molecule has 1 aromatic rings. The minimum absolute atomic E-state index is 0.226. The van der Waals surface area contributed by atoms with Gasteiger partial charge in [-0.3, -0.25) is 9.78 Å². The minimum atomic E-state index is -0.783. The summed E-state index contributed by atoms with van der Waals surface area (Å²) in [4.78, 5) is 15.4. The normalized spacial score (nSPS) is 9.44. The maximum atomic E-state index is 12.0. The van der Waals surface area contributed by atoms with Crippen molar-refractivity contribution in [1.82, 2.24) is 9.97 Å². The van der Waals surface area contributed by atoms with Gasteiger partial charge in [0.05, 0.1) is 6.20 Å². The molecule has 1 heterocycles. The smallest absolute Gasteiger partial charge is 0.292 e. The lowest BCUT2D eigenvalue weighted by Crippen LogP contribution is -2.14. The first-order valence-electron chi connectivity index (χ1n) is 2.20. The Morgan fingerprint density at radius 1 is 1.78 bits per heavy atom. The Kier molecular flexibility index (Phi) is 1.18. The van der Waals surface area contributed by atoms with Crippen LogP contribution in [0.1, 0.15) is 0 Å². The highest BCUT2D eigenvalue weighted by molar-refractivity contribution is 5.21. The van der Waals surface area contributed by atoms with Crippen molar-refractivity contribution in [2.75, 3.05) is 5.73 Å². The molecule has 5 heteroatoms. The third-order valence-corrected chi connectivity index (χ3v) is 0.783. The highest BCUT2D eigenvalue weighted by atomic mass is 19.1. The van der Waals surface area contributed by atoms with Crippen LogP contribution in [0.25, 0.3) is 0 Å². The fourth-order valence-electron chi connectivity index (χ4n) is 0.390. The molecular formula is C4H4FN3O. The zero-order valence-electron chi connectivity index (χ0n) is 4.39. The molecule has 0 aliphatic rings. The van der Waals surface area contributed by atoms with E-state index < -0.39 is 11.5 Å². The molecule has 0 amide bonds. The Balaban J connectivity index is 3.34. The van der Waals surface area contributed by atoms with Crippen molar-refractivity contribution in [3.05, 3.63) is 22.5 Å². The van der Waals surface area contributed by atoms with Gasteiger partial charge >= 0.3 is 0 Å². The third-order valence-electron chi connectivity index (χ3n) is 0.783. The summed E-state index contributed by atoms with van der Waals surface area (Å²) in [6.07, 6.45) is 0.844. The molecule has 0 bridgehead atoms. The summed E-state index contributed by atoms with van der Waals surface area (Å²) < 4.78 is 12.0. The van der Waals surface area contributed by atoms with Gasteiger partial charge in [0.15, 0.2) is 5.82 Å². The van der Waals surface area contributed by atoms with Gasteiger partial charge in [-0.2, -0.15) is 4.39 Å². The van der Waals surface area contributed by atoms with Gasteiger partial charge < -0.3 is 5.73 Å². The van der Waals surface area contributed by atoms with E-state index in [-0.39, 0.29) is 5.82 Å². The minimum Gasteiger partial charge on any atom is -0.379 e. The number of hydrogen-bond acceptors (Lipinski definition) is 3. The average Bonchev–Trinajstić information content (AvgIpc) is 1.80. The summed E-state index contributed by atoms with van der Waals surface area (Å²) in [5.74, 6) is -1.01. The molecule has 0 saturated carbocycles. The number of nitrogens with two attached hydrogens (primary N) is 1. The largest absolute Gasteiger partial charge is 0.379 e. The third kappa shape index (κ3) is 1.04. The molecule has 1 rings (SSSR count). The summed E-state index contributed by atoms with van der Waals surface area (Å²) in [5.41, 5.74) is 4.27. The van der Waals surface area contributed by atoms with Gasteiger partial charge in [0.25, 0.3) is 5.56 Å². The van der Waals surface area contributed by atoms with Crippen molar-refractivity contribution in [2.45, 2.75) is 0 Å². The van der Waals surface area contributed by atoms with Gasteiger partial charge in [-0.05, 0) is 0 Å². The van der Waals surface area contributed by atoms with Gasteiger partial charge in [-0.25, -0.2) is 4.98 Å². The van der Waals surface area contributed by atoms with E-state index >= 15 is 0 Å². The number of hydrogen-bond donors (Lipinski definition) is 2. The highest BCUT2D eigenvalue weighted by Crippen LogP contribution is 1.84. The Hall–Kier alpha value is -1.39. The van der Waals surface area contributed by atoms with Crippen LogP contribution in [0.5, 0.6) is 0 Å². The first-order chi connectivity index (χ1) is 4.20. The van der Waals surface area contributed by atoms with E-state index in [0.717, 1.165) is 6.20 Å². The molecule has 0 aromatic carbocycles. The standard InChI is InChI=1S/C4H4FN3O/c5-2-1-7-3(6)4(9)8-2/h1H,(H2,6,7)(H,8,9). The lowest BCUT2D eigenvalue weighted by atomic mass is 10.7. The van der Waals surface area contributed by atoms with Gasteiger partial charge in [0.1, 0.15) is 0 Å². The second-order valence-corrected chi connectivity index (χ2v) is 1.45. The molecule has 3 N–H and O–H groups in total. The van der Waals surface area contributed by atoms with Crippen molar-refractivity contribution in [2.24, 2.45) is 0 Å². The van der Waals surface area contributed by atoms with E-state index in [1.165, 1.54) is 0 Å². The molecule has 48 valence electrons. The molecule has 0 spiro atoms. The topological polar surface area (TPSA) is 71.8 Å². The van der Waals surface area contributed by atoms with Gasteiger partial charge in [0.2, 0.25) is 5.95 Å². The molecular weight excluding hydrogens is 125 g/mol. The van der Waals surface area contributed by atoms with Crippen LogP contribution in [0, 0.1) is 5.95 Å². The Morgan fingerprint density at radius 2 is 2.44 bits per heavy atom. The van der Waals surface area contributed by atoms with Crippen LogP contribution in [0.3, 0.4) is 0 Å². The number of rotatable bonds is 0. The van der Waals surface area contributed by atoms with Crippen molar-refractivity contribution in [1.29, 1.82) is 0 Å². The molecule has 9 heavy (non-hydrogen) atoms. The molecule has 0 aliphatic heterocycles. The second kappa shape index (κ2) is 1.85. The predicted molar refractivity (Wildman–Crippen MR) is 29.2 cm³/mol. The Labute approximate surface area is 49.5 Å². The van der Waals surface area contributed by atoms with Crippen LogP contribution in [-0.4, -0.2) is 9.97 Å². The van der Waals surface area contributed by atoms with Gasteiger partial charge in [0, 0.05) is 0 Å². The van der Waals surface area contributed by atoms with Crippen LogP contribution in [0.4, 0.5) is 10.2 Å². The number of aromatic amines is 1. The molecule has 1 aromatic heterocycles. The number of halogens is 1. The second-order valence-electron chi connectivity index (χ2n) is 1.45. The van der Waals surface area contributed by atoms with Crippen LogP contribution in [-0.2, 0) is 0 Å². The molecule has 0 aliphatic carbocycles. The zero-order valence-corrected chi connectivity index (χ0v) is 4.39. The number of nitrogen functional groups attached to an aromatic ring is 1.